The molecule has 7 nitrogen and oxygen atoms in total. The minimum absolute atomic E-state index is 0.113. The molecule has 1 atom stereocenters. The number of sulfonamides is 1. The Bertz CT molecular complexity index is 1360. The average molecular weight is 497 g/mol. The molecule has 0 radical (unpaired) electrons. The van der Waals surface area contributed by atoms with Crippen LogP contribution in [-0.4, -0.2) is 39.0 Å². The third-order valence-corrected chi connectivity index (χ3v) is 7.54. The Morgan fingerprint density at radius 3 is 2.57 bits per heavy atom. The van der Waals surface area contributed by atoms with Gasteiger partial charge in [0, 0.05) is 18.5 Å². The maximum atomic E-state index is 14.0. The van der Waals surface area contributed by atoms with E-state index in [1.807, 2.05) is 18.2 Å². The van der Waals surface area contributed by atoms with E-state index in [0.29, 0.717) is 31.3 Å². The highest BCUT2D eigenvalue weighted by Crippen LogP contribution is 2.38. The molecule has 5 rings (SSSR count). The first kappa shape index (κ1) is 23.2. The van der Waals surface area contributed by atoms with Crippen LogP contribution in [-0.2, 0) is 10.0 Å². The van der Waals surface area contributed by atoms with Crippen molar-refractivity contribution < 1.29 is 27.1 Å². The van der Waals surface area contributed by atoms with Crippen LogP contribution in [0.3, 0.4) is 0 Å². The molecule has 2 aliphatic heterocycles. The Morgan fingerprint density at radius 2 is 1.74 bits per heavy atom. The zero-order chi connectivity index (χ0) is 24.4. The van der Waals surface area contributed by atoms with Crippen LogP contribution in [0.15, 0.2) is 71.6 Å². The van der Waals surface area contributed by atoms with E-state index in [2.05, 4.69) is 4.72 Å². The molecule has 0 aromatic heterocycles. The van der Waals surface area contributed by atoms with Crippen molar-refractivity contribution in [3.63, 3.8) is 0 Å². The van der Waals surface area contributed by atoms with Crippen molar-refractivity contribution in [3.05, 3.63) is 83.7 Å². The van der Waals surface area contributed by atoms with Crippen LogP contribution in [0.4, 0.5) is 10.1 Å². The van der Waals surface area contributed by atoms with Crippen LogP contribution < -0.4 is 14.2 Å². The van der Waals surface area contributed by atoms with Crippen molar-refractivity contribution in [2.75, 3.05) is 24.5 Å². The third-order valence-electron chi connectivity index (χ3n) is 6.18. The van der Waals surface area contributed by atoms with Crippen molar-refractivity contribution >= 4 is 21.6 Å². The van der Waals surface area contributed by atoms with Gasteiger partial charge in [-0.2, -0.15) is 0 Å². The van der Waals surface area contributed by atoms with Gasteiger partial charge in [0.25, 0.3) is 15.9 Å². The van der Waals surface area contributed by atoms with Crippen molar-refractivity contribution in [2.24, 2.45) is 0 Å². The van der Waals surface area contributed by atoms with Crippen LogP contribution in [0.2, 0.25) is 0 Å². The molecule has 0 aliphatic carbocycles. The number of carbonyl (C=O) groups is 1. The second-order valence-electron chi connectivity index (χ2n) is 8.53. The monoisotopic (exact) mass is 496 g/mol. The number of carbonyl (C=O) groups excluding carboxylic acids is 1. The lowest BCUT2D eigenvalue weighted by atomic mass is 10.0. The second-order valence-corrected chi connectivity index (χ2v) is 10.2. The fraction of sp³-hybridized carbons (Fsp3) is 0.269. The Kier molecular flexibility index (Phi) is 6.34. The number of anilines is 1. The molecule has 182 valence electrons. The summed E-state index contributed by atoms with van der Waals surface area (Å²) >= 11 is 0. The summed E-state index contributed by atoms with van der Waals surface area (Å²) in [6.07, 6.45) is 2.43. The number of nitrogens with zero attached hydrogens (tertiary/aromatic N) is 1. The molecule has 1 unspecified atom stereocenters. The van der Waals surface area contributed by atoms with Gasteiger partial charge in [0.2, 0.25) is 0 Å². The Hall–Kier alpha value is -3.59. The van der Waals surface area contributed by atoms with E-state index in [1.54, 1.807) is 11.0 Å². The molecule has 3 aromatic rings. The number of nitrogens with one attached hydrogen (secondary N) is 1. The zero-order valence-corrected chi connectivity index (χ0v) is 19.8. The molecule has 0 spiro atoms. The summed E-state index contributed by atoms with van der Waals surface area (Å²) in [5.74, 6) is 0.426. The number of halogens is 1. The number of ether oxygens (including phenoxy) is 2. The van der Waals surface area contributed by atoms with Crippen LogP contribution >= 0.6 is 0 Å². The molecule has 9 heteroatoms. The summed E-state index contributed by atoms with van der Waals surface area (Å²) in [5, 5.41) is 0. The largest absolute Gasteiger partial charge is 0.490 e. The van der Waals surface area contributed by atoms with Crippen molar-refractivity contribution in [1.82, 2.24) is 4.90 Å². The number of amides is 1. The van der Waals surface area contributed by atoms with Gasteiger partial charge < -0.3 is 14.4 Å². The number of para-hydroxylation sites is 1. The Balaban J connectivity index is 1.39. The summed E-state index contributed by atoms with van der Waals surface area (Å²) in [7, 11) is -4.09. The normalized spacial score (nSPS) is 17.6. The zero-order valence-electron chi connectivity index (χ0n) is 18.9. The van der Waals surface area contributed by atoms with E-state index in [1.165, 1.54) is 42.5 Å². The number of benzene rings is 3. The van der Waals surface area contributed by atoms with Gasteiger partial charge in [-0.3, -0.25) is 9.52 Å². The quantitative estimate of drug-likeness (QED) is 0.550. The molecule has 1 fully saturated rings. The van der Waals surface area contributed by atoms with Crippen molar-refractivity contribution in [1.29, 1.82) is 0 Å². The fourth-order valence-corrected chi connectivity index (χ4v) is 5.57. The van der Waals surface area contributed by atoms with Crippen LogP contribution in [0.25, 0.3) is 0 Å². The smallest absolute Gasteiger partial charge is 0.262 e. The molecule has 2 aliphatic rings. The molecule has 0 bridgehead atoms. The molecule has 2 heterocycles. The highest BCUT2D eigenvalue weighted by Gasteiger charge is 2.32. The van der Waals surface area contributed by atoms with Crippen molar-refractivity contribution in [2.45, 2.75) is 30.2 Å². The molecule has 1 N–H and O–H groups in total. The first-order chi connectivity index (χ1) is 16.9. The van der Waals surface area contributed by atoms with E-state index in [0.717, 1.165) is 24.8 Å². The second kappa shape index (κ2) is 9.58. The van der Waals surface area contributed by atoms with E-state index in [4.69, 9.17) is 9.47 Å². The first-order valence-electron chi connectivity index (χ1n) is 11.5. The molecule has 3 aromatic carbocycles. The number of fused-ring (bicyclic) bond motifs is 1. The van der Waals surface area contributed by atoms with Crippen LogP contribution in [0.1, 0.15) is 41.2 Å². The number of hydrogen-bond acceptors (Lipinski definition) is 5. The Labute approximate surface area is 203 Å². The predicted molar refractivity (Wildman–Crippen MR) is 129 cm³/mol. The first-order valence-corrected chi connectivity index (χ1v) is 13.0. The molecular formula is C26H25FN2O5S. The highest BCUT2D eigenvalue weighted by molar-refractivity contribution is 7.92. The van der Waals surface area contributed by atoms with Gasteiger partial charge >= 0.3 is 0 Å². The van der Waals surface area contributed by atoms with Gasteiger partial charge in [-0.25, -0.2) is 12.8 Å². The van der Waals surface area contributed by atoms with E-state index in [-0.39, 0.29) is 28.1 Å². The van der Waals surface area contributed by atoms with Gasteiger partial charge in [0.15, 0.2) is 11.5 Å². The number of likely N-dealkylation sites (tertiary alicyclic amines) is 1. The topological polar surface area (TPSA) is 84.9 Å². The lowest BCUT2D eigenvalue weighted by Gasteiger charge is -2.26. The summed E-state index contributed by atoms with van der Waals surface area (Å²) in [5.41, 5.74) is 1.05. The molecular weight excluding hydrogens is 471 g/mol. The maximum absolute atomic E-state index is 14.0. The SMILES string of the molecule is O=C(c1cccc(S(=O)(=O)Nc2ccccc2F)c1)N1CCCC1c1ccc2c(c1)OCCCO2. The van der Waals surface area contributed by atoms with Gasteiger partial charge in [0.1, 0.15) is 5.82 Å². The molecule has 1 saturated heterocycles. The lowest BCUT2D eigenvalue weighted by Crippen LogP contribution is -2.30. The Morgan fingerprint density at radius 1 is 0.943 bits per heavy atom. The fourth-order valence-electron chi connectivity index (χ4n) is 4.45. The van der Waals surface area contributed by atoms with Gasteiger partial charge in [-0.05, 0) is 60.9 Å². The highest BCUT2D eigenvalue weighted by atomic mass is 32.2. The van der Waals surface area contributed by atoms with Crippen LogP contribution in [0, 0.1) is 5.82 Å². The molecule has 35 heavy (non-hydrogen) atoms. The predicted octanol–water partition coefficient (Wildman–Crippen LogP) is 4.77. The van der Waals surface area contributed by atoms with E-state index >= 15 is 0 Å². The summed E-state index contributed by atoms with van der Waals surface area (Å²) in [6.45, 7) is 1.74. The summed E-state index contributed by atoms with van der Waals surface area (Å²) < 4.78 is 53.5. The average Bonchev–Trinajstić information content (AvgIpc) is 3.23. The summed E-state index contributed by atoms with van der Waals surface area (Å²) in [6, 6.07) is 16.9. The van der Waals surface area contributed by atoms with Gasteiger partial charge in [-0.15, -0.1) is 0 Å². The minimum atomic E-state index is -4.09. The number of rotatable bonds is 5. The van der Waals surface area contributed by atoms with Crippen molar-refractivity contribution in [3.8, 4) is 11.5 Å². The summed E-state index contributed by atoms with van der Waals surface area (Å²) in [4.78, 5) is 15.1. The lowest BCUT2D eigenvalue weighted by molar-refractivity contribution is 0.0735. The van der Waals surface area contributed by atoms with Gasteiger partial charge in [-0.1, -0.05) is 24.3 Å². The molecule has 1 amide bonds. The van der Waals surface area contributed by atoms with E-state index in [9.17, 15) is 17.6 Å². The molecule has 0 saturated carbocycles. The maximum Gasteiger partial charge on any atom is 0.262 e. The minimum Gasteiger partial charge on any atom is -0.490 e. The standard InChI is InChI=1S/C26H25FN2O5S/c27-21-8-1-2-9-22(21)28-35(31,32)20-7-3-6-19(16-20)26(30)29-13-4-10-23(29)18-11-12-24-25(17-18)34-15-5-14-33-24/h1-3,6-9,11-12,16-17,23,28H,4-5,10,13-15H2. The number of hydrogen-bond donors (Lipinski definition) is 1. The van der Waals surface area contributed by atoms with Gasteiger partial charge in [0.05, 0.1) is 29.8 Å². The van der Waals surface area contributed by atoms with Crippen LogP contribution in [0.5, 0.6) is 11.5 Å². The van der Waals surface area contributed by atoms with E-state index < -0.39 is 15.8 Å². The third kappa shape index (κ3) is 4.81.